The number of hydrogen-bond acceptors (Lipinski definition) is 10. The molecule has 0 bridgehead atoms. The molecule has 0 radical (unpaired) electrons. The second-order valence-corrected chi connectivity index (χ2v) is 9.39. The molecule has 0 fully saturated rings. The molecular formula is C32H33FO10. The summed E-state index contributed by atoms with van der Waals surface area (Å²) in [6, 6.07) is 7.96. The predicted molar refractivity (Wildman–Crippen MR) is 154 cm³/mol. The quantitative estimate of drug-likeness (QED) is 0.0877. The minimum Gasteiger partial charge on any atom is -0.462 e. The summed E-state index contributed by atoms with van der Waals surface area (Å²) in [4.78, 5) is 60.6. The Labute approximate surface area is 248 Å². The Kier molecular flexibility index (Phi) is 13.0. The number of hydrogen-bond donors (Lipinski definition) is 0. The highest BCUT2D eigenvalue weighted by atomic mass is 19.1. The minimum absolute atomic E-state index is 0.00794. The van der Waals surface area contributed by atoms with Gasteiger partial charge in [0.15, 0.2) is 11.6 Å². The number of rotatable bonds is 15. The average Bonchev–Trinajstić information content (AvgIpc) is 2.96. The van der Waals surface area contributed by atoms with Gasteiger partial charge in [0.05, 0.1) is 37.6 Å². The van der Waals surface area contributed by atoms with Crippen molar-refractivity contribution in [3.63, 3.8) is 0 Å². The van der Waals surface area contributed by atoms with Gasteiger partial charge in [-0.15, -0.1) is 0 Å². The van der Waals surface area contributed by atoms with Gasteiger partial charge in [0.2, 0.25) is 0 Å². The lowest BCUT2D eigenvalue weighted by atomic mass is 9.98. The first kappa shape index (κ1) is 34.1. The van der Waals surface area contributed by atoms with E-state index in [0.717, 1.165) is 6.07 Å². The summed E-state index contributed by atoms with van der Waals surface area (Å²) >= 11 is 0. The molecule has 0 aliphatic heterocycles. The van der Waals surface area contributed by atoms with Crippen molar-refractivity contribution in [2.75, 3.05) is 26.4 Å². The molecule has 0 heterocycles. The lowest BCUT2D eigenvalue weighted by Gasteiger charge is -2.13. The van der Waals surface area contributed by atoms with Crippen molar-refractivity contribution in [3.8, 4) is 16.9 Å². The molecule has 10 nitrogen and oxygen atoms in total. The van der Waals surface area contributed by atoms with E-state index < -0.39 is 35.7 Å². The molecule has 0 aromatic heterocycles. The fourth-order valence-corrected chi connectivity index (χ4v) is 3.20. The van der Waals surface area contributed by atoms with E-state index >= 15 is 0 Å². The van der Waals surface area contributed by atoms with Crippen molar-refractivity contribution >= 4 is 29.8 Å². The Morgan fingerprint density at radius 2 is 1.05 bits per heavy atom. The van der Waals surface area contributed by atoms with Gasteiger partial charge in [-0.3, -0.25) is 0 Å². The first-order chi connectivity index (χ1) is 20.3. The molecule has 43 heavy (non-hydrogen) atoms. The van der Waals surface area contributed by atoms with Crippen LogP contribution in [0.3, 0.4) is 0 Å². The Balaban J connectivity index is 2.22. The molecule has 2 aromatic carbocycles. The SMILES string of the molecule is C=C(C)C(=O)OCCCOC(=O)c1ccc(-c2ccc(OC(=O)C(=C)C)c(F)c2)cc1C(=O)OCCCOC(=O)C(=C)C. The Bertz CT molecular complexity index is 1440. The fraction of sp³-hybridized carbons (Fsp3) is 0.281. The van der Waals surface area contributed by atoms with Crippen LogP contribution in [0.5, 0.6) is 5.75 Å². The maximum atomic E-state index is 14.7. The number of carbonyl (C=O) groups is 5. The zero-order valence-corrected chi connectivity index (χ0v) is 24.3. The van der Waals surface area contributed by atoms with Crippen molar-refractivity contribution < 1.29 is 52.0 Å². The number of esters is 5. The number of ether oxygens (including phenoxy) is 5. The third kappa shape index (κ3) is 10.7. The molecule has 0 saturated carbocycles. The molecule has 0 atom stereocenters. The van der Waals surface area contributed by atoms with E-state index in [1.807, 2.05) is 0 Å². The Hall–Kier alpha value is -5.06. The largest absolute Gasteiger partial charge is 0.462 e. The summed E-state index contributed by atoms with van der Waals surface area (Å²) < 4.78 is 40.1. The number of halogens is 1. The van der Waals surface area contributed by atoms with Crippen molar-refractivity contribution in [2.45, 2.75) is 33.6 Å². The van der Waals surface area contributed by atoms with Crippen LogP contribution in [-0.4, -0.2) is 56.3 Å². The standard InChI is InChI=1S/C32H33FO10/c1-19(2)28(34)39-13-7-15-41-31(37)24-11-9-22(23-10-12-27(26(33)18-23)43-30(36)21(5)6)17-25(24)32(38)42-16-8-14-40-29(35)20(3)4/h9-12,17-18H,1,3,5,7-8,13-16H2,2,4,6H3. The third-order valence-electron chi connectivity index (χ3n) is 5.48. The van der Waals surface area contributed by atoms with Crippen LogP contribution in [0.1, 0.15) is 54.3 Å². The van der Waals surface area contributed by atoms with Crippen LogP contribution < -0.4 is 4.74 Å². The molecular weight excluding hydrogens is 563 g/mol. The maximum Gasteiger partial charge on any atom is 0.339 e. The molecule has 0 amide bonds. The monoisotopic (exact) mass is 596 g/mol. The highest BCUT2D eigenvalue weighted by Gasteiger charge is 2.22. The zero-order valence-electron chi connectivity index (χ0n) is 24.3. The van der Waals surface area contributed by atoms with Crippen molar-refractivity contribution in [1.29, 1.82) is 0 Å². The summed E-state index contributed by atoms with van der Waals surface area (Å²) in [6.07, 6.45) is 0.385. The van der Waals surface area contributed by atoms with Gasteiger partial charge in [0.25, 0.3) is 0 Å². The van der Waals surface area contributed by atoms with Crippen LogP contribution >= 0.6 is 0 Å². The molecule has 0 unspecified atom stereocenters. The van der Waals surface area contributed by atoms with E-state index in [4.69, 9.17) is 23.7 Å². The summed E-state index contributed by atoms with van der Waals surface area (Å²) in [5.41, 5.74) is 0.939. The first-order valence-corrected chi connectivity index (χ1v) is 13.1. The topological polar surface area (TPSA) is 132 Å². The summed E-state index contributed by atoms with van der Waals surface area (Å²) in [5.74, 6) is -4.79. The van der Waals surface area contributed by atoms with Crippen molar-refractivity contribution in [3.05, 3.63) is 89.8 Å². The minimum atomic E-state index is -0.872. The predicted octanol–water partition coefficient (Wildman–Crippen LogP) is 5.31. The average molecular weight is 597 g/mol. The molecule has 2 rings (SSSR count). The molecule has 0 saturated heterocycles. The smallest absolute Gasteiger partial charge is 0.339 e. The van der Waals surface area contributed by atoms with Crippen LogP contribution in [0.25, 0.3) is 11.1 Å². The molecule has 0 aliphatic carbocycles. The molecule has 11 heteroatoms. The second kappa shape index (κ2) is 16.4. The van der Waals surface area contributed by atoms with Gasteiger partial charge in [0.1, 0.15) is 0 Å². The summed E-state index contributed by atoms with van der Waals surface area (Å²) in [5, 5.41) is 0. The van der Waals surface area contributed by atoms with Crippen LogP contribution in [0.4, 0.5) is 4.39 Å². The summed E-state index contributed by atoms with van der Waals surface area (Å²) in [7, 11) is 0. The third-order valence-corrected chi connectivity index (χ3v) is 5.48. The fourth-order valence-electron chi connectivity index (χ4n) is 3.20. The Morgan fingerprint density at radius 1 is 0.605 bits per heavy atom. The van der Waals surface area contributed by atoms with E-state index in [0.29, 0.717) is 11.1 Å². The Morgan fingerprint density at radius 3 is 1.53 bits per heavy atom. The van der Waals surface area contributed by atoms with Gasteiger partial charge in [-0.25, -0.2) is 28.4 Å². The van der Waals surface area contributed by atoms with Crippen LogP contribution in [0, 0.1) is 5.82 Å². The van der Waals surface area contributed by atoms with E-state index in [-0.39, 0.29) is 72.9 Å². The lowest BCUT2D eigenvalue weighted by Crippen LogP contribution is -2.17. The molecule has 0 spiro atoms. The number of carbonyl (C=O) groups excluding carboxylic acids is 5. The van der Waals surface area contributed by atoms with Gasteiger partial charge in [-0.1, -0.05) is 31.9 Å². The van der Waals surface area contributed by atoms with E-state index in [1.54, 1.807) is 0 Å². The van der Waals surface area contributed by atoms with Crippen molar-refractivity contribution in [1.82, 2.24) is 0 Å². The van der Waals surface area contributed by atoms with Gasteiger partial charge in [-0.2, -0.15) is 0 Å². The van der Waals surface area contributed by atoms with E-state index in [9.17, 15) is 28.4 Å². The first-order valence-electron chi connectivity index (χ1n) is 13.1. The van der Waals surface area contributed by atoms with Crippen LogP contribution in [0.2, 0.25) is 0 Å². The van der Waals surface area contributed by atoms with Gasteiger partial charge >= 0.3 is 29.8 Å². The van der Waals surface area contributed by atoms with Crippen LogP contribution in [-0.2, 0) is 33.3 Å². The van der Waals surface area contributed by atoms with Crippen molar-refractivity contribution in [2.24, 2.45) is 0 Å². The normalized spacial score (nSPS) is 10.2. The lowest BCUT2D eigenvalue weighted by molar-refractivity contribution is -0.140. The zero-order chi connectivity index (χ0) is 32.1. The summed E-state index contributed by atoms with van der Waals surface area (Å²) in [6.45, 7) is 14.6. The highest BCUT2D eigenvalue weighted by molar-refractivity contribution is 6.04. The van der Waals surface area contributed by atoms with Gasteiger partial charge < -0.3 is 23.7 Å². The maximum absolute atomic E-state index is 14.7. The van der Waals surface area contributed by atoms with Crippen LogP contribution in [0.15, 0.2) is 72.9 Å². The molecule has 228 valence electrons. The van der Waals surface area contributed by atoms with Gasteiger partial charge in [0, 0.05) is 29.6 Å². The molecule has 2 aromatic rings. The molecule has 0 N–H and O–H groups in total. The highest BCUT2D eigenvalue weighted by Crippen LogP contribution is 2.28. The van der Waals surface area contributed by atoms with E-state index in [1.165, 1.54) is 51.1 Å². The van der Waals surface area contributed by atoms with Gasteiger partial charge in [-0.05, 0) is 56.2 Å². The number of benzene rings is 2. The second-order valence-electron chi connectivity index (χ2n) is 9.39. The molecule has 0 aliphatic rings. The van der Waals surface area contributed by atoms with E-state index in [2.05, 4.69) is 19.7 Å².